The molecular formula is C20H22N4. The first-order chi connectivity index (χ1) is 11.7. The lowest BCUT2D eigenvalue weighted by molar-refractivity contribution is 0.883. The quantitative estimate of drug-likeness (QED) is 0.691. The Bertz CT molecular complexity index is 795. The van der Waals surface area contributed by atoms with E-state index in [4.69, 9.17) is 4.98 Å². The third kappa shape index (κ3) is 3.59. The summed E-state index contributed by atoms with van der Waals surface area (Å²) in [6.07, 6.45) is 5.79. The number of aryl methyl sites for hydroxylation is 2. The molecule has 0 radical (unpaired) electrons. The smallest absolute Gasteiger partial charge is 0.230 e. The van der Waals surface area contributed by atoms with Crippen LogP contribution in [0.25, 0.3) is 11.3 Å². The average Bonchev–Trinajstić information content (AvgIpc) is 2.63. The van der Waals surface area contributed by atoms with Gasteiger partial charge in [-0.05, 0) is 43.7 Å². The van der Waals surface area contributed by atoms with Crippen molar-refractivity contribution in [2.45, 2.75) is 26.7 Å². The topological polar surface area (TPSA) is 41.9 Å². The number of aromatic nitrogens is 3. The Kier molecular flexibility index (Phi) is 4.85. The van der Waals surface area contributed by atoms with Gasteiger partial charge in [-0.3, -0.25) is 4.98 Å². The third-order valence-corrected chi connectivity index (χ3v) is 3.99. The van der Waals surface area contributed by atoms with Gasteiger partial charge in [0.2, 0.25) is 5.95 Å². The SMILES string of the molecule is CCCc1ccc(-c2ccnc(N(C)c3ccc(C)cc3)n2)cn1. The summed E-state index contributed by atoms with van der Waals surface area (Å²) < 4.78 is 0. The lowest BCUT2D eigenvalue weighted by atomic mass is 10.1. The van der Waals surface area contributed by atoms with Crippen LogP contribution >= 0.6 is 0 Å². The molecule has 1 aromatic carbocycles. The number of nitrogens with zero attached hydrogens (tertiary/aromatic N) is 4. The first-order valence-electron chi connectivity index (χ1n) is 8.26. The molecule has 0 bridgehead atoms. The molecule has 0 fully saturated rings. The summed E-state index contributed by atoms with van der Waals surface area (Å²) in [6.45, 7) is 4.24. The van der Waals surface area contributed by atoms with Gasteiger partial charge in [0.25, 0.3) is 0 Å². The molecule has 2 heterocycles. The van der Waals surface area contributed by atoms with Crippen molar-refractivity contribution < 1.29 is 0 Å². The molecule has 3 aromatic rings. The fourth-order valence-corrected chi connectivity index (χ4v) is 2.53. The zero-order valence-electron chi connectivity index (χ0n) is 14.4. The highest BCUT2D eigenvalue weighted by molar-refractivity contribution is 5.62. The minimum atomic E-state index is 0.675. The van der Waals surface area contributed by atoms with Gasteiger partial charge in [-0.1, -0.05) is 31.0 Å². The van der Waals surface area contributed by atoms with Crippen LogP contribution in [0.3, 0.4) is 0 Å². The van der Waals surface area contributed by atoms with E-state index in [0.29, 0.717) is 5.95 Å². The summed E-state index contributed by atoms with van der Waals surface area (Å²) in [5, 5.41) is 0. The first-order valence-corrected chi connectivity index (χ1v) is 8.26. The van der Waals surface area contributed by atoms with Crippen LogP contribution in [-0.2, 0) is 6.42 Å². The Labute approximate surface area is 143 Å². The highest BCUT2D eigenvalue weighted by Gasteiger charge is 2.09. The van der Waals surface area contributed by atoms with Gasteiger partial charge in [0.1, 0.15) is 0 Å². The Balaban J connectivity index is 1.87. The lowest BCUT2D eigenvalue weighted by Crippen LogP contribution is -2.13. The number of pyridine rings is 1. The van der Waals surface area contributed by atoms with E-state index < -0.39 is 0 Å². The molecule has 0 aliphatic heterocycles. The molecule has 4 nitrogen and oxygen atoms in total. The van der Waals surface area contributed by atoms with E-state index in [1.807, 2.05) is 24.2 Å². The summed E-state index contributed by atoms with van der Waals surface area (Å²) in [7, 11) is 1.98. The molecule has 0 aliphatic carbocycles. The molecule has 0 spiro atoms. The van der Waals surface area contributed by atoms with Crippen LogP contribution in [0.4, 0.5) is 11.6 Å². The molecule has 3 rings (SSSR count). The van der Waals surface area contributed by atoms with E-state index in [1.165, 1.54) is 5.56 Å². The maximum Gasteiger partial charge on any atom is 0.230 e. The summed E-state index contributed by atoms with van der Waals surface area (Å²) in [4.78, 5) is 15.6. The Morgan fingerprint density at radius 1 is 0.958 bits per heavy atom. The minimum Gasteiger partial charge on any atom is -0.314 e. The first kappa shape index (κ1) is 16.1. The summed E-state index contributed by atoms with van der Waals surface area (Å²) in [6, 6.07) is 14.4. The lowest BCUT2D eigenvalue weighted by Gasteiger charge is -2.17. The number of hydrogen-bond acceptors (Lipinski definition) is 4. The zero-order valence-corrected chi connectivity index (χ0v) is 14.4. The van der Waals surface area contributed by atoms with E-state index in [1.54, 1.807) is 6.20 Å². The van der Waals surface area contributed by atoms with Crippen molar-refractivity contribution in [3.8, 4) is 11.3 Å². The zero-order chi connectivity index (χ0) is 16.9. The molecule has 24 heavy (non-hydrogen) atoms. The largest absolute Gasteiger partial charge is 0.314 e. The van der Waals surface area contributed by atoms with Gasteiger partial charge >= 0.3 is 0 Å². The summed E-state index contributed by atoms with van der Waals surface area (Å²) >= 11 is 0. The molecule has 2 aromatic heterocycles. The number of anilines is 2. The van der Waals surface area contributed by atoms with E-state index in [-0.39, 0.29) is 0 Å². The third-order valence-electron chi connectivity index (χ3n) is 3.99. The van der Waals surface area contributed by atoms with Crippen LogP contribution in [0.5, 0.6) is 0 Å². The highest BCUT2D eigenvalue weighted by atomic mass is 15.2. The number of rotatable bonds is 5. The second-order valence-electron chi connectivity index (χ2n) is 5.92. The van der Waals surface area contributed by atoms with Gasteiger partial charge in [-0.25, -0.2) is 9.97 Å². The van der Waals surface area contributed by atoms with Crippen molar-refractivity contribution in [3.63, 3.8) is 0 Å². The molecule has 0 aliphatic rings. The van der Waals surface area contributed by atoms with Gasteiger partial charge in [0.15, 0.2) is 0 Å². The van der Waals surface area contributed by atoms with Crippen LogP contribution in [0.1, 0.15) is 24.6 Å². The van der Waals surface area contributed by atoms with E-state index in [0.717, 1.165) is 35.5 Å². The van der Waals surface area contributed by atoms with Crippen LogP contribution in [0.15, 0.2) is 54.9 Å². The van der Waals surface area contributed by atoms with Crippen LogP contribution in [-0.4, -0.2) is 22.0 Å². The second kappa shape index (κ2) is 7.21. The Hall–Kier alpha value is -2.75. The standard InChI is InChI=1S/C20H22N4/c1-4-5-17-9-8-16(14-22-17)19-12-13-21-20(23-19)24(3)18-10-6-15(2)7-11-18/h6-14H,4-5H2,1-3H3. The molecule has 0 atom stereocenters. The van der Waals surface area contributed by atoms with Crippen molar-refractivity contribution in [1.82, 2.24) is 15.0 Å². The van der Waals surface area contributed by atoms with Crippen molar-refractivity contribution >= 4 is 11.6 Å². The maximum atomic E-state index is 4.69. The van der Waals surface area contributed by atoms with E-state index in [9.17, 15) is 0 Å². The molecule has 0 saturated carbocycles. The molecule has 122 valence electrons. The van der Waals surface area contributed by atoms with Crippen LogP contribution < -0.4 is 4.90 Å². The molecule has 0 N–H and O–H groups in total. The maximum absolute atomic E-state index is 4.69. The van der Waals surface area contributed by atoms with Crippen LogP contribution in [0.2, 0.25) is 0 Å². The number of benzene rings is 1. The van der Waals surface area contributed by atoms with Gasteiger partial charge in [0, 0.05) is 36.4 Å². The van der Waals surface area contributed by atoms with Gasteiger partial charge in [-0.2, -0.15) is 0 Å². The Morgan fingerprint density at radius 2 is 1.75 bits per heavy atom. The van der Waals surface area contributed by atoms with Gasteiger partial charge < -0.3 is 4.90 Å². The van der Waals surface area contributed by atoms with Crippen molar-refractivity contribution in [2.24, 2.45) is 0 Å². The minimum absolute atomic E-state index is 0.675. The predicted molar refractivity (Wildman–Crippen MR) is 98.5 cm³/mol. The fourth-order valence-electron chi connectivity index (χ4n) is 2.53. The van der Waals surface area contributed by atoms with E-state index >= 15 is 0 Å². The predicted octanol–water partition coefficient (Wildman–Crippen LogP) is 4.57. The fraction of sp³-hybridized carbons (Fsp3) is 0.250. The number of hydrogen-bond donors (Lipinski definition) is 0. The summed E-state index contributed by atoms with van der Waals surface area (Å²) in [5.41, 5.74) is 5.31. The Morgan fingerprint density at radius 3 is 2.42 bits per heavy atom. The normalized spacial score (nSPS) is 10.6. The second-order valence-corrected chi connectivity index (χ2v) is 5.92. The van der Waals surface area contributed by atoms with Crippen molar-refractivity contribution in [2.75, 3.05) is 11.9 Å². The van der Waals surface area contributed by atoms with Gasteiger partial charge in [-0.15, -0.1) is 0 Å². The van der Waals surface area contributed by atoms with E-state index in [2.05, 4.69) is 60.2 Å². The highest BCUT2D eigenvalue weighted by Crippen LogP contribution is 2.23. The summed E-state index contributed by atoms with van der Waals surface area (Å²) in [5.74, 6) is 0.675. The molecule has 0 saturated heterocycles. The average molecular weight is 318 g/mol. The molecular weight excluding hydrogens is 296 g/mol. The van der Waals surface area contributed by atoms with Crippen molar-refractivity contribution in [1.29, 1.82) is 0 Å². The van der Waals surface area contributed by atoms with Crippen molar-refractivity contribution in [3.05, 3.63) is 66.1 Å². The van der Waals surface area contributed by atoms with Gasteiger partial charge in [0.05, 0.1) is 5.69 Å². The molecule has 0 amide bonds. The molecule has 4 heteroatoms. The monoisotopic (exact) mass is 318 g/mol. The molecule has 0 unspecified atom stereocenters. The van der Waals surface area contributed by atoms with Crippen LogP contribution in [0, 0.1) is 6.92 Å².